The van der Waals surface area contributed by atoms with E-state index >= 15 is 0 Å². The van der Waals surface area contributed by atoms with Gasteiger partial charge in [0.1, 0.15) is 0 Å². The number of alkyl halides is 1. The molecule has 0 saturated heterocycles. The van der Waals surface area contributed by atoms with E-state index < -0.39 is 17.9 Å². The highest BCUT2D eigenvalue weighted by Crippen LogP contribution is 2.26. The number of hydrogen-bond acceptors (Lipinski definition) is 6. The molecule has 0 aromatic heterocycles. The Morgan fingerprint density at radius 3 is 2.24 bits per heavy atom. The average Bonchev–Trinajstić information content (AvgIpc) is 2.57. The van der Waals surface area contributed by atoms with Crippen molar-refractivity contribution in [2.45, 2.75) is 27.2 Å². The first-order valence-electron chi connectivity index (χ1n) is 8.27. The highest BCUT2D eigenvalue weighted by molar-refractivity contribution is 14.1. The zero-order valence-electron chi connectivity index (χ0n) is 14.8. The molecule has 0 amide bonds. The minimum Gasteiger partial charge on any atom is -0.465 e. The minimum atomic E-state index is -1.14. The fraction of sp³-hybridized carbons (Fsp3) is 0.500. The van der Waals surface area contributed by atoms with Gasteiger partial charge < -0.3 is 9.47 Å². The van der Waals surface area contributed by atoms with Gasteiger partial charge in [-0.25, -0.2) is 4.99 Å². The molecule has 5 nitrogen and oxygen atoms in total. The average molecular weight is 477 g/mol. The summed E-state index contributed by atoms with van der Waals surface area (Å²) in [4.78, 5) is 29.4. The van der Waals surface area contributed by atoms with Crippen molar-refractivity contribution in [2.24, 2.45) is 10.9 Å². The largest absolute Gasteiger partial charge is 0.465 e. The molecule has 0 aliphatic carbocycles. The zero-order chi connectivity index (χ0) is 18.7. The number of ether oxygens (including phenoxy) is 2. The van der Waals surface area contributed by atoms with Crippen molar-refractivity contribution in [1.82, 2.24) is 0 Å². The van der Waals surface area contributed by atoms with Gasteiger partial charge >= 0.3 is 11.9 Å². The van der Waals surface area contributed by atoms with E-state index in [4.69, 9.17) is 9.47 Å². The van der Waals surface area contributed by atoms with Crippen LogP contribution in [-0.4, -0.2) is 40.4 Å². The molecule has 0 fully saturated rings. The third kappa shape index (κ3) is 6.97. The standard InChI is InChI=1S/C18H24INO4S/c1-4-23-17(21)15(18(22)24-5-2)16(25-6-3)20-14-10-8-7-9-13(14)11-12-19/h7-10,15H,4-6,11-12H2,1-3H3. The van der Waals surface area contributed by atoms with Crippen LogP contribution in [0.15, 0.2) is 29.3 Å². The first-order chi connectivity index (χ1) is 12.1. The van der Waals surface area contributed by atoms with E-state index in [0.717, 1.165) is 22.1 Å². The van der Waals surface area contributed by atoms with Gasteiger partial charge in [-0.2, -0.15) is 0 Å². The Morgan fingerprint density at radius 1 is 1.12 bits per heavy atom. The maximum Gasteiger partial charge on any atom is 0.327 e. The number of aliphatic imine (C=N–C) groups is 1. The molecule has 0 saturated carbocycles. The predicted octanol–water partition coefficient (Wildman–Crippen LogP) is 4.19. The predicted molar refractivity (Wildman–Crippen MR) is 111 cm³/mol. The van der Waals surface area contributed by atoms with Gasteiger partial charge in [0.15, 0.2) is 0 Å². The molecule has 0 heterocycles. The van der Waals surface area contributed by atoms with E-state index in [1.54, 1.807) is 13.8 Å². The normalized spacial score (nSPS) is 11.5. The van der Waals surface area contributed by atoms with E-state index in [2.05, 4.69) is 27.6 Å². The van der Waals surface area contributed by atoms with Crippen molar-refractivity contribution in [2.75, 3.05) is 23.4 Å². The summed E-state index contributed by atoms with van der Waals surface area (Å²) in [5.74, 6) is -1.70. The van der Waals surface area contributed by atoms with Crippen molar-refractivity contribution in [3.63, 3.8) is 0 Å². The number of hydrogen-bond donors (Lipinski definition) is 0. The molecule has 1 aromatic carbocycles. The summed E-state index contributed by atoms with van der Waals surface area (Å²) in [5, 5.41) is 0.417. The van der Waals surface area contributed by atoms with Gasteiger partial charge in [-0.1, -0.05) is 47.7 Å². The first-order valence-corrected chi connectivity index (χ1v) is 10.8. The molecular formula is C18H24INO4S. The van der Waals surface area contributed by atoms with Crippen molar-refractivity contribution >= 4 is 57.0 Å². The number of thioether (sulfide) groups is 1. The third-order valence-electron chi connectivity index (χ3n) is 3.17. The zero-order valence-corrected chi connectivity index (χ0v) is 17.8. The molecule has 1 rings (SSSR count). The number of para-hydroxylation sites is 1. The lowest BCUT2D eigenvalue weighted by Crippen LogP contribution is -2.33. The van der Waals surface area contributed by atoms with Crippen molar-refractivity contribution in [1.29, 1.82) is 0 Å². The van der Waals surface area contributed by atoms with Crippen molar-refractivity contribution in [3.8, 4) is 0 Å². The third-order valence-corrected chi connectivity index (χ3v) is 4.62. The molecular weight excluding hydrogens is 453 g/mol. The Labute approximate surface area is 167 Å². The van der Waals surface area contributed by atoms with E-state index in [0.29, 0.717) is 10.8 Å². The maximum absolute atomic E-state index is 12.4. The van der Waals surface area contributed by atoms with Gasteiger partial charge in [-0.15, -0.1) is 11.8 Å². The molecule has 0 N–H and O–H groups in total. The lowest BCUT2D eigenvalue weighted by molar-refractivity contribution is -0.157. The summed E-state index contributed by atoms with van der Waals surface area (Å²) >= 11 is 3.67. The van der Waals surface area contributed by atoms with Crippen LogP contribution < -0.4 is 0 Å². The van der Waals surface area contributed by atoms with Crippen LogP contribution in [-0.2, 0) is 25.5 Å². The highest BCUT2D eigenvalue weighted by atomic mass is 127. The molecule has 0 aliphatic heterocycles. The van der Waals surface area contributed by atoms with Crippen LogP contribution in [0.4, 0.5) is 5.69 Å². The van der Waals surface area contributed by atoms with Gasteiger partial charge in [0.2, 0.25) is 5.92 Å². The Balaban J connectivity index is 3.32. The summed E-state index contributed by atoms with van der Waals surface area (Å²) in [6, 6.07) is 7.76. The molecule has 25 heavy (non-hydrogen) atoms. The lowest BCUT2D eigenvalue weighted by atomic mass is 10.1. The van der Waals surface area contributed by atoms with E-state index in [1.807, 2.05) is 31.2 Å². The summed E-state index contributed by atoms with van der Waals surface area (Å²) in [7, 11) is 0. The highest BCUT2D eigenvalue weighted by Gasteiger charge is 2.35. The number of carbonyl (C=O) groups is 2. The second-order valence-electron chi connectivity index (χ2n) is 4.89. The SMILES string of the molecule is CCOC(=O)C(C(=O)OCC)C(=Nc1ccccc1CCI)SCC. The fourth-order valence-corrected chi connectivity index (χ4v) is 3.53. The molecule has 0 spiro atoms. The number of esters is 2. The van der Waals surface area contributed by atoms with Crippen LogP contribution in [0.25, 0.3) is 0 Å². The molecule has 0 radical (unpaired) electrons. The number of halogens is 1. The van der Waals surface area contributed by atoms with E-state index in [9.17, 15) is 9.59 Å². The number of benzene rings is 1. The van der Waals surface area contributed by atoms with Gasteiger partial charge in [-0.05, 0) is 37.7 Å². The Hall–Kier alpha value is -1.09. The second-order valence-corrected chi connectivity index (χ2v) is 7.25. The molecule has 0 bridgehead atoms. The van der Waals surface area contributed by atoms with Crippen LogP contribution in [0.2, 0.25) is 0 Å². The van der Waals surface area contributed by atoms with Crippen LogP contribution in [0.1, 0.15) is 26.3 Å². The lowest BCUT2D eigenvalue weighted by Gasteiger charge is -2.16. The number of carbonyl (C=O) groups excluding carboxylic acids is 2. The van der Waals surface area contributed by atoms with Gasteiger partial charge in [0.05, 0.1) is 23.9 Å². The molecule has 0 unspecified atom stereocenters. The van der Waals surface area contributed by atoms with Crippen LogP contribution in [0.3, 0.4) is 0 Å². The summed E-state index contributed by atoms with van der Waals surface area (Å²) in [6.45, 7) is 5.76. The molecule has 138 valence electrons. The van der Waals surface area contributed by atoms with Crippen molar-refractivity contribution in [3.05, 3.63) is 29.8 Å². The summed E-state index contributed by atoms with van der Waals surface area (Å²) in [6.07, 6.45) is 0.869. The minimum absolute atomic E-state index is 0.199. The van der Waals surface area contributed by atoms with Gasteiger partial charge in [0, 0.05) is 4.43 Å². The summed E-state index contributed by atoms with van der Waals surface area (Å²) < 4.78 is 11.1. The number of nitrogens with zero attached hydrogens (tertiary/aromatic N) is 1. The summed E-state index contributed by atoms with van der Waals surface area (Å²) in [5.41, 5.74) is 1.85. The molecule has 7 heteroatoms. The Morgan fingerprint density at radius 2 is 1.72 bits per heavy atom. The van der Waals surface area contributed by atoms with Crippen molar-refractivity contribution < 1.29 is 19.1 Å². The molecule has 1 aromatic rings. The fourth-order valence-electron chi connectivity index (χ4n) is 2.13. The Kier molecular flexibility index (Phi) is 10.8. The van der Waals surface area contributed by atoms with Gasteiger partial charge in [0.25, 0.3) is 0 Å². The van der Waals surface area contributed by atoms with E-state index in [-0.39, 0.29) is 13.2 Å². The number of rotatable bonds is 9. The first kappa shape index (κ1) is 22.0. The Bertz CT molecular complexity index is 588. The molecule has 0 aliphatic rings. The molecule has 0 atom stereocenters. The van der Waals surface area contributed by atoms with Crippen LogP contribution in [0, 0.1) is 5.92 Å². The van der Waals surface area contributed by atoms with Gasteiger partial charge in [-0.3, -0.25) is 9.59 Å². The number of aryl methyl sites for hydroxylation is 1. The maximum atomic E-state index is 12.4. The topological polar surface area (TPSA) is 65.0 Å². The second kappa shape index (κ2) is 12.3. The van der Waals surface area contributed by atoms with Crippen LogP contribution in [0.5, 0.6) is 0 Å². The quantitative estimate of drug-likeness (QED) is 0.133. The van der Waals surface area contributed by atoms with E-state index in [1.165, 1.54) is 11.8 Å². The smallest absolute Gasteiger partial charge is 0.327 e. The monoisotopic (exact) mass is 477 g/mol. The van der Waals surface area contributed by atoms with Crippen LogP contribution >= 0.6 is 34.4 Å².